The molecule has 0 saturated carbocycles. The molecule has 0 rings (SSSR count). The highest BCUT2D eigenvalue weighted by Crippen LogP contribution is 2.11. The van der Waals surface area contributed by atoms with E-state index in [1.807, 2.05) is 43.6 Å². The van der Waals surface area contributed by atoms with E-state index in [1.54, 1.807) is 5.34 Å². The van der Waals surface area contributed by atoms with Gasteiger partial charge in [-0.3, -0.25) is 0 Å². The maximum Gasteiger partial charge on any atom is 0.393 e. The Bertz CT molecular complexity index is 17.1. The van der Waals surface area contributed by atoms with Crippen LogP contribution >= 0.6 is 52.8 Å². The molecular formula is BI2OS. The van der Waals surface area contributed by atoms with E-state index in [2.05, 4.69) is 4.10 Å². The second kappa shape index (κ2) is 5.83. The van der Waals surface area contributed by atoms with E-state index in [-0.39, 0.29) is 0 Å². The Balaban J connectivity index is 2.19. The summed E-state index contributed by atoms with van der Waals surface area (Å²) in [4.78, 5) is 0. The van der Waals surface area contributed by atoms with Crippen LogP contribution in [0.3, 0.4) is 0 Å². The Labute approximate surface area is 61.5 Å². The molecule has 0 spiro atoms. The fraction of sp³-hybridized carbons (Fsp3) is 0. The molecular weight excluding hydrogens is 313 g/mol. The SMILES string of the molecule is I[B]OSI. The number of halogens is 2. The summed E-state index contributed by atoms with van der Waals surface area (Å²) in [7, 11) is 1.31. The number of hydrogen-bond donors (Lipinski definition) is 0. The summed E-state index contributed by atoms with van der Waals surface area (Å²) in [6.45, 7) is 0. The van der Waals surface area contributed by atoms with Crippen LogP contribution in [-0.4, -0.2) is 5.34 Å². The molecule has 0 aliphatic heterocycles. The van der Waals surface area contributed by atoms with Gasteiger partial charge in [0.1, 0.15) is 0 Å². The minimum Gasteiger partial charge on any atom is -0.359 e. The van der Waals surface area contributed by atoms with Crippen molar-refractivity contribution in [3.05, 3.63) is 0 Å². The summed E-state index contributed by atoms with van der Waals surface area (Å²) in [5, 5.41) is 1.61. The van der Waals surface area contributed by atoms with Crippen LogP contribution in [0.15, 0.2) is 0 Å². The maximum atomic E-state index is 4.60. The standard InChI is InChI=1S/BI2OS/c2-1-4-5-3. The first kappa shape index (κ1) is 6.83. The average molecular weight is 313 g/mol. The summed E-state index contributed by atoms with van der Waals surface area (Å²) in [5.74, 6) is 0. The smallest absolute Gasteiger partial charge is 0.359 e. The van der Waals surface area contributed by atoms with E-state index in [4.69, 9.17) is 0 Å². The van der Waals surface area contributed by atoms with Crippen molar-refractivity contribution in [1.82, 2.24) is 0 Å². The van der Waals surface area contributed by atoms with Crippen LogP contribution in [0.2, 0.25) is 0 Å². The van der Waals surface area contributed by atoms with E-state index in [0.717, 1.165) is 0 Å². The third-order valence-corrected chi connectivity index (χ3v) is 1.46. The lowest BCUT2D eigenvalue weighted by Gasteiger charge is -1.78. The van der Waals surface area contributed by atoms with Gasteiger partial charge in [-0.25, -0.2) is 0 Å². The molecule has 0 fully saturated rings. The Morgan fingerprint density at radius 3 is 2.40 bits per heavy atom. The second-order valence-electron chi connectivity index (χ2n) is 0.248. The molecule has 0 saturated heterocycles. The minimum absolute atomic E-state index is 1.31. The second-order valence-corrected chi connectivity index (χ2v) is 2.15. The molecule has 5 heavy (non-hydrogen) atoms. The highest BCUT2D eigenvalue weighted by molar-refractivity contribution is 14.2. The van der Waals surface area contributed by atoms with Gasteiger partial charge in [-0.15, -0.1) is 22.4 Å². The first-order valence-corrected chi connectivity index (χ1v) is 5.30. The molecule has 0 unspecified atom stereocenters. The molecule has 0 aromatic heterocycles. The Morgan fingerprint density at radius 2 is 2.40 bits per heavy atom. The Kier molecular flexibility index (Phi) is 7.98. The average Bonchev–Trinajstić information content (AvgIpc) is 1.41. The molecule has 0 aromatic carbocycles. The first-order chi connectivity index (χ1) is 2.41. The molecule has 0 aliphatic rings. The van der Waals surface area contributed by atoms with Crippen LogP contribution in [0.4, 0.5) is 0 Å². The van der Waals surface area contributed by atoms with Crippen molar-refractivity contribution in [3.8, 4) is 0 Å². The van der Waals surface area contributed by atoms with Crippen LogP contribution in [-0.2, 0) is 4.10 Å². The molecule has 0 heterocycles. The zero-order valence-electron chi connectivity index (χ0n) is 2.15. The van der Waals surface area contributed by atoms with Gasteiger partial charge in [0.15, 0.2) is 0 Å². The third-order valence-electron chi connectivity index (χ3n) is 0.0727. The van der Waals surface area contributed by atoms with Crippen molar-refractivity contribution in [2.45, 2.75) is 0 Å². The molecule has 0 aliphatic carbocycles. The highest BCUT2D eigenvalue weighted by atomic mass is 127. The van der Waals surface area contributed by atoms with Crippen LogP contribution in [0.1, 0.15) is 0 Å². The minimum atomic E-state index is 1.31. The van der Waals surface area contributed by atoms with E-state index >= 15 is 0 Å². The zero-order valence-corrected chi connectivity index (χ0v) is 7.28. The zero-order chi connectivity index (χ0) is 4.12. The quantitative estimate of drug-likeness (QED) is 0.438. The summed E-state index contributed by atoms with van der Waals surface area (Å²) < 4.78 is 4.60. The summed E-state index contributed by atoms with van der Waals surface area (Å²) in [5.41, 5.74) is 0. The molecule has 0 N–H and O–H groups in total. The predicted octanol–water partition coefficient (Wildman–Crippen LogP) is 1.97. The van der Waals surface area contributed by atoms with Crippen LogP contribution in [0.5, 0.6) is 0 Å². The van der Waals surface area contributed by atoms with E-state index in [9.17, 15) is 0 Å². The van der Waals surface area contributed by atoms with Gasteiger partial charge >= 0.3 is 5.34 Å². The van der Waals surface area contributed by atoms with E-state index in [1.165, 1.54) is 9.21 Å². The Morgan fingerprint density at radius 1 is 1.80 bits per heavy atom. The van der Waals surface area contributed by atoms with Crippen molar-refractivity contribution in [2.75, 3.05) is 0 Å². The van der Waals surface area contributed by atoms with Crippen LogP contribution in [0.25, 0.3) is 0 Å². The van der Waals surface area contributed by atoms with Crippen molar-refractivity contribution in [1.29, 1.82) is 0 Å². The van der Waals surface area contributed by atoms with Crippen molar-refractivity contribution in [3.63, 3.8) is 0 Å². The van der Waals surface area contributed by atoms with Gasteiger partial charge in [-0.2, -0.15) is 0 Å². The number of rotatable bonds is 2. The topological polar surface area (TPSA) is 9.23 Å². The van der Waals surface area contributed by atoms with E-state index < -0.39 is 0 Å². The monoisotopic (exact) mass is 313 g/mol. The predicted molar refractivity (Wildman–Crippen MR) is 42.5 cm³/mol. The van der Waals surface area contributed by atoms with Gasteiger partial charge in [0.05, 0.1) is 0 Å². The van der Waals surface area contributed by atoms with Gasteiger partial charge in [0.25, 0.3) is 0 Å². The molecule has 29 valence electrons. The fourth-order valence-corrected chi connectivity index (χ4v) is 1.86. The van der Waals surface area contributed by atoms with Crippen molar-refractivity contribution in [2.24, 2.45) is 0 Å². The van der Waals surface area contributed by atoms with E-state index in [0.29, 0.717) is 0 Å². The van der Waals surface area contributed by atoms with Gasteiger partial charge in [0.2, 0.25) is 0 Å². The molecule has 0 aromatic rings. The lowest BCUT2D eigenvalue weighted by atomic mass is 10.6. The molecule has 5 heteroatoms. The summed E-state index contributed by atoms with van der Waals surface area (Å²) in [6, 6.07) is 0. The Hall–Kier alpha value is 1.83. The molecule has 0 amide bonds. The fourth-order valence-electron chi connectivity index (χ4n) is 0.0137. The summed E-state index contributed by atoms with van der Waals surface area (Å²) >= 11 is 4.06. The summed E-state index contributed by atoms with van der Waals surface area (Å²) in [6.07, 6.45) is 0. The lowest BCUT2D eigenvalue weighted by Crippen LogP contribution is -1.68. The van der Waals surface area contributed by atoms with Gasteiger partial charge in [-0.05, 0) is 0 Å². The molecule has 0 atom stereocenters. The molecule has 1 radical (unpaired) electrons. The third kappa shape index (κ3) is 5.83. The van der Waals surface area contributed by atoms with Crippen LogP contribution < -0.4 is 0 Å². The maximum absolute atomic E-state index is 4.60. The van der Waals surface area contributed by atoms with Crippen LogP contribution in [0, 0.1) is 0 Å². The van der Waals surface area contributed by atoms with Gasteiger partial charge in [-0.1, -0.05) is 0 Å². The lowest BCUT2D eigenvalue weighted by molar-refractivity contribution is 0.735. The van der Waals surface area contributed by atoms with Crippen molar-refractivity contribution < 1.29 is 4.10 Å². The normalized spacial score (nSPS) is 7.60. The highest BCUT2D eigenvalue weighted by Gasteiger charge is 1.75. The largest absolute Gasteiger partial charge is 0.393 e. The first-order valence-electron chi connectivity index (χ1n) is 0.775. The van der Waals surface area contributed by atoms with Gasteiger partial charge in [0, 0.05) is 30.4 Å². The van der Waals surface area contributed by atoms with Crippen molar-refractivity contribution >= 4 is 58.1 Å². The van der Waals surface area contributed by atoms with Gasteiger partial charge < -0.3 is 4.10 Å². The molecule has 1 nitrogen and oxygen atoms in total. The molecule has 0 bridgehead atoms. The number of hydrogen-bond acceptors (Lipinski definition) is 2.